The highest BCUT2D eigenvalue weighted by molar-refractivity contribution is 6.09. The third kappa shape index (κ3) is 2.78. The number of aromatic nitrogens is 1. The van der Waals surface area contributed by atoms with Crippen molar-refractivity contribution in [2.24, 2.45) is 4.99 Å². The number of aryl methyl sites for hydroxylation is 2. The standard InChI is InChI=1S/C32H24N2/c1-20-7-5-9-22(17-20)23-13-14-25-26-15-16-30-31(32(26)33-28(25)19-23)27-11-3-4-12-29(27)34(30)24-10-6-8-21(2)18-24/h3-19,23H,1-2H3. The summed E-state index contributed by atoms with van der Waals surface area (Å²) in [4.78, 5) is 5.23. The quantitative estimate of drug-likeness (QED) is 0.304. The lowest BCUT2D eigenvalue weighted by Crippen LogP contribution is -2.23. The van der Waals surface area contributed by atoms with Crippen LogP contribution in [0.5, 0.6) is 0 Å². The van der Waals surface area contributed by atoms with Gasteiger partial charge in [-0.05, 0) is 61.4 Å². The lowest BCUT2D eigenvalue weighted by Gasteiger charge is -2.15. The molecule has 1 aromatic heterocycles. The Hall–Kier alpha value is -4.17. The highest BCUT2D eigenvalue weighted by Crippen LogP contribution is 2.34. The highest BCUT2D eigenvalue weighted by Gasteiger charge is 2.22. The minimum atomic E-state index is 0.251. The summed E-state index contributed by atoms with van der Waals surface area (Å²) in [5.74, 6) is 0.251. The van der Waals surface area contributed by atoms with Gasteiger partial charge in [-0.15, -0.1) is 0 Å². The molecule has 0 radical (unpaired) electrons. The fraction of sp³-hybridized carbons (Fsp3) is 0.0938. The molecule has 1 aliphatic carbocycles. The summed E-state index contributed by atoms with van der Waals surface area (Å²) in [6.07, 6.45) is 6.89. The summed E-state index contributed by atoms with van der Waals surface area (Å²) in [5.41, 5.74) is 9.78. The fourth-order valence-corrected chi connectivity index (χ4v) is 5.55. The van der Waals surface area contributed by atoms with E-state index in [1.807, 2.05) is 0 Å². The van der Waals surface area contributed by atoms with E-state index in [9.17, 15) is 0 Å². The van der Waals surface area contributed by atoms with Crippen LogP contribution < -0.4 is 10.6 Å². The van der Waals surface area contributed by atoms with Crippen LogP contribution in [0.3, 0.4) is 0 Å². The van der Waals surface area contributed by atoms with Gasteiger partial charge in [0.25, 0.3) is 0 Å². The molecule has 2 heterocycles. The number of hydrogen-bond donors (Lipinski definition) is 0. The van der Waals surface area contributed by atoms with Gasteiger partial charge >= 0.3 is 0 Å². The second kappa shape index (κ2) is 7.16. The van der Waals surface area contributed by atoms with Gasteiger partial charge in [-0.25, -0.2) is 4.99 Å². The summed E-state index contributed by atoms with van der Waals surface area (Å²) >= 11 is 0. The predicted octanol–water partition coefficient (Wildman–Crippen LogP) is 6.42. The largest absolute Gasteiger partial charge is 0.309 e. The fourth-order valence-electron chi connectivity index (χ4n) is 5.55. The number of hydrogen-bond acceptors (Lipinski definition) is 1. The molecule has 0 N–H and O–H groups in total. The summed E-state index contributed by atoms with van der Waals surface area (Å²) in [5, 5.41) is 4.80. The summed E-state index contributed by atoms with van der Waals surface area (Å²) in [7, 11) is 0. The maximum Gasteiger partial charge on any atom is 0.0816 e. The van der Waals surface area contributed by atoms with Gasteiger partial charge in [-0.2, -0.15) is 0 Å². The average Bonchev–Trinajstić information content (AvgIpc) is 3.39. The van der Waals surface area contributed by atoms with E-state index in [2.05, 4.69) is 122 Å². The van der Waals surface area contributed by atoms with Crippen LogP contribution in [0.2, 0.25) is 0 Å². The first kappa shape index (κ1) is 19.3. The van der Waals surface area contributed by atoms with E-state index in [1.165, 1.54) is 55.0 Å². The molecule has 1 atom stereocenters. The van der Waals surface area contributed by atoms with Crippen molar-refractivity contribution in [3.05, 3.63) is 136 Å². The van der Waals surface area contributed by atoms with Gasteiger partial charge in [-0.1, -0.05) is 72.3 Å². The van der Waals surface area contributed by atoms with Crippen molar-refractivity contribution in [3.63, 3.8) is 0 Å². The molecule has 1 aliphatic heterocycles. The third-order valence-corrected chi connectivity index (χ3v) is 7.10. The van der Waals surface area contributed by atoms with Crippen molar-refractivity contribution >= 4 is 27.4 Å². The molecule has 2 heteroatoms. The molecule has 2 aliphatic rings. The molecule has 0 amide bonds. The summed E-state index contributed by atoms with van der Waals surface area (Å²) in [6.45, 7) is 4.30. The molecule has 0 fully saturated rings. The van der Waals surface area contributed by atoms with Crippen molar-refractivity contribution in [1.29, 1.82) is 0 Å². The second-order valence-corrected chi connectivity index (χ2v) is 9.42. The first-order chi connectivity index (χ1) is 16.7. The van der Waals surface area contributed by atoms with Gasteiger partial charge in [0.1, 0.15) is 0 Å². The van der Waals surface area contributed by atoms with Crippen molar-refractivity contribution in [3.8, 4) is 5.69 Å². The number of nitrogens with zero attached hydrogens (tertiary/aromatic N) is 2. The molecule has 2 nitrogen and oxygen atoms in total. The maximum absolute atomic E-state index is 5.23. The molecule has 0 spiro atoms. The van der Waals surface area contributed by atoms with Crippen molar-refractivity contribution in [1.82, 2.24) is 4.57 Å². The minimum absolute atomic E-state index is 0.251. The Labute approximate surface area is 198 Å². The van der Waals surface area contributed by atoms with Crippen molar-refractivity contribution < 1.29 is 0 Å². The lowest BCUT2D eigenvalue weighted by molar-refractivity contribution is 1.05. The van der Waals surface area contributed by atoms with E-state index in [-0.39, 0.29) is 5.92 Å². The van der Waals surface area contributed by atoms with E-state index in [1.54, 1.807) is 0 Å². The summed E-state index contributed by atoms with van der Waals surface area (Å²) < 4.78 is 2.37. The molecule has 0 bridgehead atoms. The monoisotopic (exact) mass is 436 g/mol. The van der Waals surface area contributed by atoms with Crippen LogP contribution in [0, 0.1) is 13.8 Å². The molecular formula is C32H24N2. The molecule has 7 rings (SSSR count). The van der Waals surface area contributed by atoms with Gasteiger partial charge in [0.15, 0.2) is 0 Å². The zero-order valence-electron chi connectivity index (χ0n) is 19.3. The third-order valence-electron chi connectivity index (χ3n) is 7.10. The van der Waals surface area contributed by atoms with Crippen LogP contribution >= 0.6 is 0 Å². The normalized spacial score (nSPS) is 16.5. The van der Waals surface area contributed by atoms with Crippen molar-refractivity contribution in [2.75, 3.05) is 0 Å². The molecule has 162 valence electrons. The number of para-hydroxylation sites is 1. The van der Waals surface area contributed by atoms with E-state index in [0.717, 1.165) is 11.1 Å². The van der Waals surface area contributed by atoms with Gasteiger partial charge in [0.05, 0.1) is 22.1 Å². The van der Waals surface area contributed by atoms with E-state index in [4.69, 9.17) is 4.99 Å². The predicted molar refractivity (Wildman–Crippen MR) is 141 cm³/mol. The Morgan fingerprint density at radius 2 is 1.59 bits per heavy atom. The highest BCUT2D eigenvalue weighted by atomic mass is 15.0. The maximum atomic E-state index is 5.23. The van der Waals surface area contributed by atoms with E-state index in [0.29, 0.717) is 0 Å². The van der Waals surface area contributed by atoms with Gasteiger partial charge in [0, 0.05) is 33.2 Å². The SMILES string of the molecule is Cc1cccc(C2C=CC3=c4ccc5c(c4=NC3=C2)c2ccccc2n5-c2cccc(C)c2)c1. The smallest absolute Gasteiger partial charge is 0.0816 e. The number of fused-ring (bicyclic) bond motifs is 6. The van der Waals surface area contributed by atoms with Gasteiger partial charge < -0.3 is 4.57 Å². The lowest BCUT2D eigenvalue weighted by atomic mass is 9.90. The van der Waals surface area contributed by atoms with E-state index < -0.39 is 0 Å². The van der Waals surface area contributed by atoms with Crippen LogP contribution in [0.4, 0.5) is 0 Å². The van der Waals surface area contributed by atoms with Gasteiger partial charge in [0.2, 0.25) is 0 Å². The Kier molecular flexibility index (Phi) is 4.07. The summed E-state index contributed by atoms with van der Waals surface area (Å²) in [6, 6.07) is 30.7. The van der Waals surface area contributed by atoms with Crippen LogP contribution in [0.15, 0.2) is 114 Å². The van der Waals surface area contributed by atoms with Crippen LogP contribution in [0.1, 0.15) is 22.6 Å². The number of rotatable bonds is 2. The Balaban J connectivity index is 1.51. The molecule has 0 saturated carbocycles. The van der Waals surface area contributed by atoms with Crippen LogP contribution in [-0.2, 0) is 0 Å². The Morgan fingerprint density at radius 1 is 0.765 bits per heavy atom. The Bertz CT molecular complexity index is 1830. The Morgan fingerprint density at radius 3 is 2.44 bits per heavy atom. The molecule has 34 heavy (non-hydrogen) atoms. The zero-order chi connectivity index (χ0) is 22.8. The first-order valence-electron chi connectivity index (χ1n) is 11.9. The van der Waals surface area contributed by atoms with Crippen molar-refractivity contribution in [2.45, 2.75) is 19.8 Å². The van der Waals surface area contributed by atoms with Gasteiger partial charge in [-0.3, -0.25) is 0 Å². The number of allylic oxidation sites excluding steroid dienone is 3. The number of benzene rings is 4. The molecular weight excluding hydrogens is 412 g/mol. The molecule has 4 aromatic carbocycles. The molecule has 5 aromatic rings. The second-order valence-electron chi connectivity index (χ2n) is 9.42. The van der Waals surface area contributed by atoms with Crippen LogP contribution in [0.25, 0.3) is 33.1 Å². The molecule has 1 unspecified atom stereocenters. The average molecular weight is 437 g/mol. The van der Waals surface area contributed by atoms with Crippen LogP contribution in [-0.4, -0.2) is 4.57 Å². The van der Waals surface area contributed by atoms with E-state index >= 15 is 0 Å². The minimum Gasteiger partial charge on any atom is -0.309 e. The zero-order valence-corrected chi connectivity index (χ0v) is 19.3. The first-order valence-corrected chi connectivity index (χ1v) is 11.9. The topological polar surface area (TPSA) is 17.3 Å². The molecule has 0 saturated heterocycles.